The number of Topliss-reactive ketones (excluding diaryl/α,β-unsaturated/α-hetero) is 1. The zero-order chi connectivity index (χ0) is 23.9. The summed E-state index contributed by atoms with van der Waals surface area (Å²) in [6.45, 7) is 5.21. The molecule has 1 saturated heterocycles. The van der Waals surface area contributed by atoms with Gasteiger partial charge in [-0.3, -0.25) is 9.69 Å². The van der Waals surface area contributed by atoms with Crippen LogP contribution in [0.25, 0.3) is 11.2 Å². The van der Waals surface area contributed by atoms with Crippen molar-refractivity contribution in [1.29, 1.82) is 0 Å². The van der Waals surface area contributed by atoms with E-state index in [2.05, 4.69) is 24.8 Å². The molecule has 4 N–H and O–H groups in total. The van der Waals surface area contributed by atoms with E-state index in [1.165, 1.54) is 6.42 Å². The lowest BCUT2D eigenvalue weighted by Gasteiger charge is -2.26. The first kappa shape index (κ1) is 23.7. The molecule has 180 valence electrons. The number of anilines is 3. The number of hydrogen-bond donors (Lipinski definition) is 2. The minimum Gasteiger partial charge on any atom is -0.382 e. The minimum absolute atomic E-state index is 0.0497. The average molecular weight is 467 g/mol. The molecule has 1 fully saturated rings. The summed E-state index contributed by atoms with van der Waals surface area (Å²) < 4.78 is 0. The molecule has 3 heterocycles. The molecule has 2 aromatic heterocycles. The molecule has 0 unspecified atom stereocenters. The molecule has 1 aliphatic rings. The van der Waals surface area contributed by atoms with Crippen LogP contribution in [0.15, 0.2) is 30.5 Å². The Morgan fingerprint density at radius 1 is 1.06 bits per heavy atom. The molecule has 0 bridgehead atoms. The number of hydrogen-bond acceptors (Lipinski definition) is 11. The quantitative estimate of drug-likeness (QED) is 0.149. The number of benzene rings is 1. The van der Waals surface area contributed by atoms with E-state index in [1.807, 2.05) is 36.1 Å². The number of nitrogens with two attached hydrogens (primary N) is 2. The lowest BCUT2D eigenvalue weighted by molar-refractivity contribution is -0.290. The number of piperidine rings is 1. The first-order chi connectivity index (χ1) is 16.5. The summed E-state index contributed by atoms with van der Waals surface area (Å²) in [6, 6.07) is 7.47. The van der Waals surface area contributed by atoms with Gasteiger partial charge in [-0.15, -0.1) is 0 Å². The van der Waals surface area contributed by atoms with Crippen LogP contribution in [0.3, 0.4) is 0 Å². The number of likely N-dealkylation sites (tertiary alicyclic amines) is 1. The molecule has 1 aliphatic heterocycles. The van der Waals surface area contributed by atoms with Gasteiger partial charge < -0.3 is 16.4 Å². The molecule has 0 atom stereocenters. The van der Waals surface area contributed by atoms with Crippen LogP contribution >= 0.6 is 0 Å². The predicted octanol–water partition coefficient (Wildman–Crippen LogP) is 2.19. The van der Waals surface area contributed by atoms with Crippen molar-refractivity contribution in [3.63, 3.8) is 0 Å². The summed E-state index contributed by atoms with van der Waals surface area (Å²) in [7, 11) is 0. The molecule has 0 spiro atoms. The zero-order valence-electron chi connectivity index (χ0n) is 19.3. The van der Waals surface area contributed by atoms with Gasteiger partial charge in [-0.05, 0) is 57.1 Å². The van der Waals surface area contributed by atoms with E-state index in [-0.39, 0.29) is 24.3 Å². The summed E-state index contributed by atoms with van der Waals surface area (Å²) in [4.78, 5) is 44.2. The van der Waals surface area contributed by atoms with Gasteiger partial charge in [0.25, 0.3) is 0 Å². The van der Waals surface area contributed by atoms with Gasteiger partial charge in [0.15, 0.2) is 29.5 Å². The van der Waals surface area contributed by atoms with Crippen molar-refractivity contribution in [3.8, 4) is 0 Å². The summed E-state index contributed by atoms with van der Waals surface area (Å²) in [5, 5.41) is 0. The fourth-order valence-corrected chi connectivity index (χ4v) is 3.92. The Morgan fingerprint density at radius 3 is 2.56 bits per heavy atom. The molecule has 1 aromatic carbocycles. The van der Waals surface area contributed by atoms with E-state index in [9.17, 15) is 4.79 Å². The van der Waals surface area contributed by atoms with E-state index in [1.54, 1.807) is 6.20 Å². The van der Waals surface area contributed by atoms with Crippen LogP contribution in [0.2, 0.25) is 0 Å². The number of rotatable bonds is 10. The molecule has 0 amide bonds. The highest BCUT2D eigenvalue weighted by Gasteiger charge is 2.17. The summed E-state index contributed by atoms with van der Waals surface area (Å²) >= 11 is 0. The van der Waals surface area contributed by atoms with Crippen LogP contribution in [0.5, 0.6) is 0 Å². The molecule has 0 saturated carbocycles. The third-order valence-corrected chi connectivity index (χ3v) is 5.63. The van der Waals surface area contributed by atoms with Gasteiger partial charge in [0.1, 0.15) is 0 Å². The van der Waals surface area contributed by atoms with Crippen LogP contribution in [0.4, 0.5) is 17.5 Å². The third-order valence-electron chi connectivity index (χ3n) is 5.63. The van der Waals surface area contributed by atoms with E-state index in [0.29, 0.717) is 42.1 Å². The Balaban J connectivity index is 1.50. The Kier molecular flexibility index (Phi) is 7.78. The molecule has 0 aliphatic carbocycles. The maximum Gasteiger partial charge on any atom is 0.224 e. The predicted molar refractivity (Wildman–Crippen MR) is 129 cm³/mol. The van der Waals surface area contributed by atoms with Gasteiger partial charge in [-0.2, -0.15) is 9.97 Å². The van der Waals surface area contributed by atoms with Crippen molar-refractivity contribution in [2.75, 3.05) is 49.3 Å². The molecule has 3 aromatic rings. The average Bonchev–Trinajstić information content (AvgIpc) is 2.84. The lowest BCUT2D eigenvalue weighted by Crippen LogP contribution is -2.34. The van der Waals surface area contributed by atoms with Crippen LogP contribution in [-0.4, -0.2) is 63.6 Å². The number of aromatic nitrogens is 4. The highest BCUT2D eigenvalue weighted by molar-refractivity contribution is 5.97. The fourth-order valence-electron chi connectivity index (χ4n) is 3.92. The standard InChI is InChI=1S/C23H30N8O3/c1-2-33-34-15-31(13-17-12-26-22-20(27-17)21(24)28-23(25)29-22)18-8-6-16(7-9-18)19(32)14-30-10-4-3-5-11-30/h6-9,12H,2-5,10-11,13-15H2,1H3,(H4,24,25,26,28,29). The van der Waals surface area contributed by atoms with Crippen LogP contribution < -0.4 is 16.4 Å². The van der Waals surface area contributed by atoms with Crippen molar-refractivity contribution < 1.29 is 14.6 Å². The van der Waals surface area contributed by atoms with E-state index >= 15 is 0 Å². The Hall–Kier alpha value is -3.41. The fraction of sp³-hybridized carbons (Fsp3) is 0.435. The van der Waals surface area contributed by atoms with Gasteiger partial charge in [-0.1, -0.05) is 6.42 Å². The molecule has 34 heavy (non-hydrogen) atoms. The number of nitrogens with zero attached hydrogens (tertiary/aromatic N) is 6. The normalized spacial score (nSPS) is 14.4. The number of fused-ring (bicyclic) bond motifs is 1. The molecular weight excluding hydrogens is 436 g/mol. The van der Waals surface area contributed by atoms with Crippen molar-refractivity contribution in [3.05, 3.63) is 41.7 Å². The molecular formula is C23H30N8O3. The molecule has 11 heteroatoms. The molecule has 0 radical (unpaired) electrons. The van der Waals surface area contributed by atoms with Crippen molar-refractivity contribution in [2.24, 2.45) is 0 Å². The summed E-state index contributed by atoms with van der Waals surface area (Å²) in [5.74, 6) is 0.347. The first-order valence-corrected chi connectivity index (χ1v) is 11.4. The summed E-state index contributed by atoms with van der Waals surface area (Å²) in [5.41, 5.74) is 14.5. The maximum atomic E-state index is 12.7. The van der Waals surface area contributed by atoms with Crippen molar-refractivity contribution in [2.45, 2.75) is 32.7 Å². The van der Waals surface area contributed by atoms with E-state index in [4.69, 9.17) is 21.2 Å². The number of nitrogen functional groups attached to an aromatic ring is 2. The van der Waals surface area contributed by atoms with Gasteiger partial charge in [0.05, 0.1) is 31.6 Å². The first-order valence-electron chi connectivity index (χ1n) is 11.4. The maximum absolute atomic E-state index is 12.7. The van der Waals surface area contributed by atoms with Crippen molar-refractivity contribution >= 4 is 34.4 Å². The number of ketones is 1. The van der Waals surface area contributed by atoms with Gasteiger partial charge in [-0.25, -0.2) is 19.7 Å². The van der Waals surface area contributed by atoms with E-state index in [0.717, 1.165) is 31.6 Å². The van der Waals surface area contributed by atoms with E-state index < -0.39 is 0 Å². The van der Waals surface area contributed by atoms with Crippen molar-refractivity contribution in [1.82, 2.24) is 24.8 Å². The van der Waals surface area contributed by atoms with Crippen LogP contribution in [0, 0.1) is 0 Å². The number of carbonyl (C=O) groups is 1. The SMILES string of the molecule is CCOOCN(Cc1cnc2nc(N)nc(N)c2n1)c1ccc(C(=O)CN2CCCCC2)cc1. The monoisotopic (exact) mass is 466 g/mol. The Labute approximate surface area is 198 Å². The Morgan fingerprint density at radius 2 is 1.82 bits per heavy atom. The summed E-state index contributed by atoms with van der Waals surface area (Å²) in [6.07, 6.45) is 5.17. The Bertz CT molecular complexity index is 1120. The number of carbonyl (C=O) groups excluding carboxylic acids is 1. The second-order valence-corrected chi connectivity index (χ2v) is 8.16. The van der Waals surface area contributed by atoms with Gasteiger partial charge >= 0.3 is 0 Å². The largest absolute Gasteiger partial charge is 0.382 e. The zero-order valence-corrected chi connectivity index (χ0v) is 19.3. The van der Waals surface area contributed by atoms with Gasteiger partial charge in [0.2, 0.25) is 5.95 Å². The second-order valence-electron chi connectivity index (χ2n) is 8.16. The highest BCUT2D eigenvalue weighted by Crippen LogP contribution is 2.21. The minimum atomic E-state index is 0.0497. The topological polar surface area (TPSA) is 146 Å². The van der Waals surface area contributed by atoms with Crippen LogP contribution in [-0.2, 0) is 16.3 Å². The smallest absolute Gasteiger partial charge is 0.224 e. The van der Waals surface area contributed by atoms with Crippen LogP contribution in [0.1, 0.15) is 42.2 Å². The van der Waals surface area contributed by atoms with Gasteiger partial charge in [0, 0.05) is 11.3 Å². The molecule has 11 nitrogen and oxygen atoms in total. The molecule has 4 rings (SSSR count). The lowest BCUT2D eigenvalue weighted by atomic mass is 10.1. The third kappa shape index (κ3) is 5.93. The second kappa shape index (κ2) is 11.1. The highest BCUT2D eigenvalue weighted by atomic mass is 17.2.